The van der Waals surface area contributed by atoms with Crippen molar-refractivity contribution >= 4 is 34.5 Å². The lowest BCUT2D eigenvalue weighted by atomic mass is 9.89. The molecule has 4 heteroatoms. The Bertz CT molecular complexity index is 934. The molecule has 3 nitrogen and oxygen atoms in total. The summed E-state index contributed by atoms with van der Waals surface area (Å²) in [6, 6.07) is 15.9. The van der Waals surface area contributed by atoms with Crippen LogP contribution in [0.2, 0.25) is 5.02 Å². The van der Waals surface area contributed by atoms with E-state index in [-0.39, 0.29) is 5.91 Å². The van der Waals surface area contributed by atoms with Gasteiger partial charge in [-0.25, -0.2) is 0 Å². The highest BCUT2D eigenvalue weighted by molar-refractivity contribution is 6.30. The minimum Gasteiger partial charge on any atom is -0.361 e. The van der Waals surface area contributed by atoms with Crippen molar-refractivity contribution in [3.05, 3.63) is 77.0 Å². The van der Waals surface area contributed by atoms with Gasteiger partial charge in [-0.05, 0) is 54.2 Å². The number of para-hydroxylation sites is 1. The summed E-state index contributed by atoms with van der Waals surface area (Å²) in [6.07, 6.45) is 7.65. The fourth-order valence-electron chi connectivity index (χ4n) is 3.69. The van der Waals surface area contributed by atoms with Crippen LogP contribution in [0.5, 0.6) is 0 Å². The number of aromatic amines is 1. The van der Waals surface area contributed by atoms with Crippen molar-refractivity contribution in [3.63, 3.8) is 0 Å². The number of piperidine rings is 1. The molecule has 2 aromatic carbocycles. The lowest BCUT2D eigenvalue weighted by Crippen LogP contribution is -2.36. The lowest BCUT2D eigenvalue weighted by Gasteiger charge is -2.31. The van der Waals surface area contributed by atoms with Crippen LogP contribution < -0.4 is 0 Å². The second kappa shape index (κ2) is 7.38. The van der Waals surface area contributed by atoms with Crippen molar-refractivity contribution in [2.75, 3.05) is 13.1 Å². The van der Waals surface area contributed by atoms with Crippen molar-refractivity contribution in [3.8, 4) is 0 Å². The van der Waals surface area contributed by atoms with E-state index in [4.69, 9.17) is 11.6 Å². The number of nitrogens with one attached hydrogen (secondary N) is 1. The van der Waals surface area contributed by atoms with E-state index in [0.717, 1.165) is 31.5 Å². The fourth-order valence-corrected chi connectivity index (χ4v) is 3.82. The maximum absolute atomic E-state index is 12.5. The average Bonchev–Trinajstić information content (AvgIpc) is 3.11. The molecule has 1 N–H and O–H groups in total. The van der Waals surface area contributed by atoms with Crippen LogP contribution in [0, 0.1) is 0 Å². The van der Waals surface area contributed by atoms with Gasteiger partial charge in [-0.1, -0.05) is 41.9 Å². The van der Waals surface area contributed by atoms with E-state index < -0.39 is 0 Å². The van der Waals surface area contributed by atoms with Crippen LogP contribution in [-0.2, 0) is 4.79 Å². The first-order chi connectivity index (χ1) is 12.7. The molecule has 1 amide bonds. The molecule has 0 bridgehead atoms. The number of amides is 1. The Morgan fingerprint density at radius 1 is 1.08 bits per heavy atom. The number of fused-ring (bicyclic) bond motifs is 1. The van der Waals surface area contributed by atoms with Gasteiger partial charge in [-0.2, -0.15) is 0 Å². The second-order valence-corrected chi connectivity index (χ2v) is 7.21. The summed E-state index contributed by atoms with van der Waals surface area (Å²) in [6.45, 7) is 1.60. The molecule has 132 valence electrons. The van der Waals surface area contributed by atoms with Crippen molar-refractivity contribution in [1.29, 1.82) is 0 Å². The van der Waals surface area contributed by atoms with Gasteiger partial charge in [0.15, 0.2) is 0 Å². The first-order valence-electron chi connectivity index (χ1n) is 8.99. The summed E-state index contributed by atoms with van der Waals surface area (Å²) in [5, 5.41) is 2.01. The number of likely N-dealkylation sites (tertiary alicyclic amines) is 1. The van der Waals surface area contributed by atoms with E-state index in [1.807, 2.05) is 35.2 Å². The van der Waals surface area contributed by atoms with Gasteiger partial charge in [-0.3, -0.25) is 4.79 Å². The minimum absolute atomic E-state index is 0.0809. The first-order valence-corrected chi connectivity index (χ1v) is 9.37. The van der Waals surface area contributed by atoms with Gasteiger partial charge in [0.1, 0.15) is 0 Å². The SMILES string of the molecule is O=C(/C=C/c1ccc(Cl)cc1)N1CCC(c2c[nH]c3ccccc23)CC1. The molecule has 1 aliphatic rings. The number of hydrogen-bond donors (Lipinski definition) is 1. The zero-order chi connectivity index (χ0) is 17.9. The Hall–Kier alpha value is -2.52. The summed E-state index contributed by atoms with van der Waals surface area (Å²) >= 11 is 5.89. The Kier molecular flexibility index (Phi) is 4.81. The molecule has 0 saturated carbocycles. The van der Waals surface area contributed by atoms with Crippen molar-refractivity contribution in [2.24, 2.45) is 0 Å². The predicted octanol–water partition coefficient (Wildman–Crippen LogP) is 5.24. The molecule has 1 fully saturated rings. The highest BCUT2D eigenvalue weighted by atomic mass is 35.5. The third-order valence-electron chi connectivity index (χ3n) is 5.16. The molecule has 0 unspecified atom stereocenters. The molecule has 0 spiro atoms. The zero-order valence-corrected chi connectivity index (χ0v) is 15.2. The van der Waals surface area contributed by atoms with Gasteiger partial charge in [0.05, 0.1) is 0 Å². The average molecular weight is 365 g/mol. The number of nitrogens with zero attached hydrogens (tertiary/aromatic N) is 1. The zero-order valence-electron chi connectivity index (χ0n) is 14.5. The molecule has 3 aromatic rings. The lowest BCUT2D eigenvalue weighted by molar-refractivity contribution is -0.126. The van der Waals surface area contributed by atoms with Gasteiger partial charge >= 0.3 is 0 Å². The Morgan fingerprint density at radius 3 is 2.58 bits per heavy atom. The molecule has 0 radical (unpaired) electrons. The number of halogens is 1. The monoisotopic (exact) mass is 364 g/mol. The highest BCUT2D eigenvalue weighted by Crippen LogP contribution is 2.33. The third kappa shape index (κ3) is 3.54. The molecular formula is C22H21ClN2O. The Balaban J connectivity index is 1.38. The third-order valence-corrected chi connectivity index (χ3v) is 5.41. The summed E-state index contributed by atoms with van der Waals surface area (Å²) in [5.41, 5.74) is 3.55. The molecule has 4 rings (SSSR count). The normalized spacial score (nSPS) is 15.8. The van der Waals surface area contributed by atoms with Crippen LogP contribution in [0.3, 0.4) is 0 Å². The van der Waals surface area contributed by atoms with Crippen molar-refractivity contribution in [2.45, 2.75) is 18.8 Å². The number of hydrogen-bond acceptors (Lipinski definition) is 1. The van der Waals surface area contributed by atoms with Crippen molar-refractivity contribution in [1.82, 2.24) is 9.88 Å². The van der Waals surface area contributed by atoms with Crippen LogP contribution in [0.15, 0.2) is 60.8 Å². The highest BCUT2D eigenvalue weighted by Gasteiger charge is 2.24. The Labute approximate surface area is 158 Å². The van der Waals surface area contributed by atoms with Crippen molar-refractivity contribution < 1.29 is 4.79 Å². The van der Waals surface area contributed by atoms with Gasteiger partial charge < -0.3 is 9.88 Å². The summed E-state index contributed by atoms with van der Waals surface area (Å²) in [5.74, 6) is 0.591. The van der Waals surface area contributed by atoms with Gasteiger partial charge in [-0.15, -0.1) is 0 Å². The largest absolute Gasteiger partial charge is 0.361 e. The van der Waals surface area contributed by atoms with Gasteiger partial charge in [0.25, 0.3) is 0 Å². The number of aromatic nitrogens is 1. The summed E-state index contributed by atoms with van der Waals surface area (Å²) < 4.78 is 0. The van der Waals surface area contributed by atoms with E-state index in [9.17, 15) is 4.79 Å². The van der Waals surface area contributed by atoms with Crippen LogP contribution >= 0.6 is 11.6 Å². The minimum atomic E-state index is 0.0809. The van der Waals surface area contributed by atoms with E-state index in [1.54, 1.807) is 6.08 Å². The van der Waals surface area contributed by atoms with Gasteiger partial charge in [0.2, 0.25) is 5.91 Å². The number of carbonyl (C=O) groups is 1. The maximum atomic E-state index is 12.5. The van der Waals surface area contributed by atoms with E-state index in [1.165, 1.54) is 16.5 Å². The standard InChI is InChI=1S/C22H21ClN2O/c23-18-8-5-16(6-9-18)7-10-22(26)25-13-11-17(12-14-25)20-15-24-21-4-2-1-3-19(20)21/h1-10,15,17,24H,11-14H2/b10-7+. The smallest absolute Gasteiger partial charge is 0.246 e. The summed E-state index contributed by atoms with van der Waals surface area (Å²) in [4.78, 5) is 17.8. The van der Waals surface area contributed by atoms with E-state index >= 15 is 0 Å². The van der Waals surface area contributed by atoms with E-state index in [2.05, 4.69) is 35.4 Å². The molecule has 1 saturated heterocycles. The topological polar surface area (TPSA) is 36.1 Å². The van der Waals surface area contributed by atoms with E-state index in [0.29, 0.717) is 10.9 Å². The second-order valence-electron chi connectivity index (χ2n) is 6.77. The Morgan fingerprint density at radius 2 is 1.81 bits per heavy atom. The molecule has 1 aromatic heterocycles. The fraction of sp³-hybridized carbons (Fsp3) is 0.227. The molecule has 0 aliphatic carbocycles. The molecule has 0 atom stereocenters. The number of rotatable bonds is 3. The van der Waals surface area contributed by atoms with Crippen LogP contribution in [-0.4, -0.2) is 28.9 Å². The van der Waals surface area contributed by atoms with Crippen LogP contribution in [0.25, 0.3) is 17.0 Å². The quantitative estimate of drug-likeness (QED) is 0.634. The number of carbonyl (C=O) groups excluding carboxylic acids is 1. The first kappa shape index (κ1) is 16.9. The summed E-state index contributed by atoms with van der Waals surface area (Å²) in [7, 11) is 0. The number of H-pyrrole nitrogens is 1. The van der Waals surface area contributed by atoms with Crippen LogP contribution in [0.4, 0.5) is 0 Å². The maximum Gasteiger partial charge on any atom is 0.246 e. The predicted molar refractivity (Wildman–Crippen MR) is 107 cm³/mol. The molecule has 1 aliphatic heterocycles. The number of benzene rings is 2. The molecular weight excluding hydrogens is 344 g/mol. The van der Waals surface area contributed by atoms with Gasteiger partial charge in [0, 0.05) is 41.3 Å². The van der Waals surface area contributed by atoms with Crippen LogP contribution in [0.1, 0.15) is 29.9 Å². The molecule has 2 heterocycles. The molecule has 26 heavy (non-hydrogen) atoms.